The van der Waals surface area contributed by atoms with E-state index in [1.165, 1.54) is 0 Å². The van der Waals surface area contributed by atoms with E-state index in [0.29, 0.717) is 13.2 Å². The van der Waals surface area contributed by atoms with Gasteiger partial charge in [0.1, 0.15) is 17.3 Å². The highest BCUT2D eigenvalue weighted by molar-refractivity contribution is 5.88. The molecule has 2 aromatic heterocycles. The zero-order chi connectivity index (χ0) is 14.4. The molecule has 0 atom stereocenters. The van der Waals surface area contributed by atoms with Gasteiger partial charge in [-0.05, 0) is 19.9 Å². The van der Waals surface area contributed by atoms with Gasteiger partial charge in [-0.25, -0.2) is 9.97 Å². The number of hydrogen-bond donors (Lipinski definition) is 1. The van der Waals surface area contributed by atoms with Crippen LogP contribution in [0.4, 0.5) is 5.82 Å². The van der Waals surface area contributed by atoms with Crippen LogP contribution in [0.25, 0.3) is 11.0 Å². The summed E-state index contributed by atoms with van der Waals surface area (Å²) in [5.41, 5.74) is 2.03. The molecule has 2 aromatic rings. The highest BCUT2D eigenvalue weighted by Gasteiger charge is 2.40. The van der Waals surface area contributed by atoms with Crippen molar-refractivity contribution in [3.8, 4) is 0 Å². The number of ether oxygens (including phenoxy) is 2. The van der Waals surface area contributed by atoms with Crippen LogP contribution in [0.1, 0.15) is 24.4 Å². The van der Waals surface area contributed by atoms with Gasteiger partial charge in [-0.1, -0.05) is 0 Å². The lowest BCUT2D eigenvalue weighted by Gasteiger charge is -2.38. The van der Waals surface area contributed by atoms with E-state index >= 15 is 0 Å². The molecule has 21 heavy (non-hydrogen) atoms. The van der Waals surface area contributed by atoms with Crippen LogP contribution < -0.4 is 4.90 Å². The van der Waals surface area contributed by atoms with Crippen molar-refractivity contribution in [1.29, 1.82) is 0 Å². The summed E-state index contributed by atoms with van der Waals surface area (Å²) in [4.78, 5) is 14.8. The fourth-order valence-electron chi connectivity index (χ4n) is 3.32. The van der Waals surface area contributed by atoms with Crippen molar-refractivity contribution in [2.24, 2.45) is 0 Å². The van der Waals surface area contributed by atoms with E-state index < -0.39 is 0 Å². The van der Waals surface area contributed by atoms with Crippen LogP contribution in [-0.2, 0) is 9.47 Å². The Labute approximate surface area is 123 Å². The molecule has 6 nitrogen and oxygen atoms in total. The summed E-state index contributed by atoms with van der Waals surface area (Å²) >= 11 is 0. The molecule has 0 radical (unpaired) electrons. The number of nitrogens with zero attached hydrogens (tertiary/aromatic N) is 3. The fourth-order valence-corrected chi connectivity index (χ4v) is 3.32. The largest absolute Gasteiger partial charge is 0.356 e. The third-order valence-electron chi connectivity index (χ3n) is 4.35. The second-order valence-corrected chi connectivity index (χ2v) is 5.90. The van der Waals surface area contributed by atoms with Crippen molar-refractivity contribution in [1.82, 2.24) is 15.0 Å². The number of aromatic nitrogens is 3. The van der Waals surface area contributed by atoms with Gasteiger partial charge in [-0.3, -0.25) is 0 Å². The number of rotatable bonds is 1. The molecule has 2 aliphatic heterocycles. The molecule has 2 aliphatic rings. The van der Waals surface area contributed by atoms with E-state index in [1.54, 1.807) is 0 Å². The molecule has 0 bridgehead atoms. The quantitative estimate of drug-likeness (QED) is 0.868. The molecule has 0 saturated carbocycles. The molecule has 1 N–H and O–H groups in total. The minimum Gasteiger partial charge on any atom is -0.356 e. The molecule has 0 amide bonds. The van der Waals surface area contributed by atoms with Crippen LogP contribution in [0.15, 0.2) is 6.07 Å². The van der Waals surface area contributed by atoms with Gasteiger partial charge in [-0.15, -0.1) is 0 Å². The van der Waals surface area contributed by atoms with Crippen LogP contribution in [-0.4, -0.2) is 47.0 Å². The molecule has 4 heterocycles. The summed E-state index contributed by atoms with van der Waals surface area (Å²) in [6, 6.07) is 2.12. The maximum Gasteiger partial charge on any atom is 0.171 e. The van der Waals surface area contributed by atoms with Gasteiger partial charge in [0.05, 0.1) is 18.6 Å². The number of piperidine rings is 1. The summed E-state index contributed by atoms with van der Waals surface area (Å²) in [5.74, 6) is 1.48. The number of H-pyrrole nitrogens is 1. The molecule has 6 heteroatoms. The third-order valence-corrected chi connectivity index (χ3v) is 4.35. The third kappa shape index (κ3) is 2.18. The Balaban J connectivity index is 1.65. The Hall–Kier alpha value is -1.66. The minimum atomic E-state index is -0.342. The van der Waals surface area contributed by atoms with Gasteiger partial charge >= 0.3 is 0 Å². The Bertz CT molecular complexity index is 666. The SMILES string of the molecule is Cc1nc(N2CCC3(CC2)OCCO3)c2cc(C)[nH]c2n1. The van der Waals surface area contributed by atoms with E-state index in [4.69, 9.17) is 9.47 Å². The summed E-state index contributed by atoms with van der Waals surface area (Å²) in [7, 11) is 0. The van der Waals surface area contributed by atoms with Crippen molar-refractivity contribution >= 4 is 16.9 Å². The first-order valence-electron chi connectivity index (χ1n) is 7.52. The molecule has 0 aromatic carbocycles. The number of hydrogen-bond acceptors (Lipinski definition) is 5. The van der Waals surface area contributed by atoms with Crippen molar-refractivity contribution < 1.29 is 9.47 Å². The van der Waals surface area contributed by atoms with E-state index in [1.807, 2.05) is 13.8 Å². The first-order chi connectivity index (χ1) is 10.2. The molecule has 112 valence electrons. The van der Waals surface area contributed by atoms with Crippen LogP contribution in [0.2, 0.25) is 0 Å². The van der Waals surface area contributed by atoms with Gasteiger partial charge < -0.3 is 19.4 Å². The monoisotopic (exact) mass is 288 g/mol. The smallest absolute Gasteiger partial charge is 0.171 e. The highest BCUT2D eigenvalue weighted by Crippen LogP contribution is 2.34. The number of fused-ring (bicyclic) bond motifs is 1. The highest BCUT2D eigenvalue weighted by atomic mass is 16.7. The number of nitrogens with one attached hydrogen (secondary N) is 1. The van der Waals surface area contributed by atoms with Crippen LogP contribution in [0.3, 0.4) is 0 Å². The average molecular weight is 288 g/mol. The van der Waals surface area contributed by atoms with Crippen LogP contribution >= 0.6 is 0 Å². The molecule has 4 rings (SSSR count). The summed E-state index contributed by atoms with van der Waals surface area (Å²) in [5, 5.41) is 1.10. The van der Waals surface area contributed by atoms with E-state index in [-0.39, 0.29) is 5.79 Å². The second-order valence-electron chi connectivity index (χ2n) is 5.90. The van der Waals surface area contributed by atoms with Gasteiger partial charge in [0.2, 0.25) is 0 Å². The zero-order valence-electron chi connectivity index (χ0n) is 12.5. The number of aryl methyl sites for hydroxylation is 2. The predicted molar refractivity (Wildman–Crippen MR) is 79.4 cm³/mol. The van der Waals surface area contributed by atoms with Crippen LogP contribution in [0.5, 0.6) is 0 Å². The van der Waals surface area contributed by atoms with Crippen molar-refractivity contribution in [2.75, 3.05) is 31.2 Å². The Morgan fingerprint density at radius 1 is 1.14 bits per heavy atom. The zero-order valence-corrected chi connectivity index (χ0v) is 12.5. The summed E-state index contributed by atoms with van der Waals surface area (Å²) in [6.45, 7) is 7.22. The van der Waals surface area contributed by atoms with Gasteiger partial charge in [0.25, 0.3) is 0 Å². The van der Waals surface area contributed by atoms with E-state index in [2.05, 4.69) is 25.9 Å². The van der Waals surface area contributed by atoms with Gasteiger partial charge in [0.15, 0.2) is 5.79 Å². The minimum absolute atomic E-state index is 0.342. The van der Waals surface area contributed by atoms with Gasteiger partial charge in [0, 0.05) is 31.6 Å². The maximum absolute atomic E-state index is 5.79. The molecule has 2 saturated heterocycles. The lowest BCUT2D eigenvalue weighted by Crippen LogP contribution is -2.45. The normalized spacial score (nSPS) is 21.5. The van der Waals surface area contributed by atoms with Crippen LogP contribution in [0, 0.1) is 13.8 Å². The van der Waals surface area contributed by atoms with E-state index in [9.17, 15) is 0 Å². The summed E-state index contributed by atoms with van der Waals surface area (Å²) in [6.07, 6.45) is 1.78. The Morgan fingerprint density at radius 3 is 2.57 bits per heavy atom. The molecule has 0 aliphatic carbocycles. The lowest BCUT2D eigenvalue weighted by atomic mass is 10.0. The molecule has 0 unspecified atom stereocenters. The lowest BCUT2D eigenvalue weighted by molar-refractivity contribution is -0.169. The molecule has 1 spiro atoms. The Kier molecular flexibility index (Phi) is 2.90. The van der Waals surface area contributed by atoms with E-state index in [0.717, 1.165) is 54.3 Å². The second kappa shape index (κ2) is 4.68. The van der Waals surface area contributed by atoms with Crippen molar-refractivity contribution in [3.63, 3.8) is 0 Å². The standard InChI is InChI=1S/C15H20N4O2/c1-10-9-12-13(16-10)17-11(2)18-14(12)19-5-3-15(4-6-19)20-7-8-21-15/h9H,3-8H2,1-2H3,(H,16,17,18). The maximum atomic E-state index is 5.79. The van der Waals surface area contributed by atoms with Crippen molar-refractivity contribution in [3.05, 3.63) is 17.6 Å². The predicted octanol–water partition coefficient (Wildman–Crippen LogP) is 1.92. The summed E-state index contributed by atoms with van der Waals surface area (Å²) < 4.78 is 11.6. The number of anilines is 1. The first kappa shape index (κ1) is 13.0. The first-order valence-corrected chi connectivity index (χ1v) is 7.52. The molecular formula is C15H20N4O2. The molecule has 2 fully saturated rings. The number of aromatic amines is 1. The Morgan fingerprint density at radius 2 is 1.86 bits per heavy atom. The topological polar surface area (TPSA) is 63.3 Å². The molecular weight excluding hydrogens is 268 g/mol. The van der Waals surface area contributed by atoms with Gasteiger partial charge in [-0.2, -0.15) is 0 Å². The van der Waals surface area contributed by atoms with Crippen molar-refractivity contribution in [2.45, 2.75) is 32.5 Å². The average Bonchev–Trinajstić information content (AvgIpc) is 3.05. The fraction of sp³-hybridized carbons (Fsp3) is 0.600.